The van der Waals surface area contributed by atoms with Gasteiger partial charge in [-0.3, -0.25) is 0 Å². The van der Waals surface area contributed by atoms with Gasteiger partial charge in [-0.05, 0) is 38.5 Å². The molecule has 2 saturated heterocycles. The number of likely N-dealkylation sites (tertiary alicyclic amines) is 1. The van der Waals surface area contributed by atoms with E-state index in [0.717, 1.165) is 52.0 Å². The zero-order valence-corrected chi connectivity index (χ0v) is 16.5. The molecule has 2 aliphatic heterocycles. The summed E-state index contributed by atoms with van der Waals surface area (Å²) in [6.45, 7) is 9.71. The SMILES string of the molecule is CC(C)c1csc(C2CCCN(C(=O)NC(C)C3CCCOC3)C2)n1. The zero-order valence-electron chi connectivity index (χ0n) is 15.7. The number of piperidine rings is 1. The van der Waals surface area contributed by atoms with E-state index in [2.05, 4.69) is 31.5 Å². The Morgan fingerprint density at radius 2 is 2.20 bits per heavy atom. The van der Waals surface area contributed by atoms with E-state index in [1.54, 1.807) is 11.3 Å². The Kier molecular flexibility index (Phi) is 6.34. The number of aromatic nitrogens is 1. The van der Waals surface area contributed by atoms with E-state index in [1.807, 2.05) is 4.90 Å². The van der Waals surface area contributed by atoms with Gasteiger partial charge in [-0.15, -0.1) is 11.3 Å². The third-order valence-electron chi connectivity index (χ3n) is 5.44. The highest BCUT2D eigenvalue weighted by atomic mass is 32.1. The molecule has 1 N–H and O–H groups in total. The van der Waals surface area contributed by atoms with Gasteiger partial charge < -0.3 is 15.0 Å². The normalized spacial score (nSPS) is 25.8. The van der Waals surface area contributed by atoms with Gasteiger partial charge >= 0.3 is 6.03 Å². The third kappa shape index (κ3) is 4.73. The van der Waals surface area contributed by atoms with Crippen molar-refractivity contribution in [3.63, 3.8) is 0 Å². The van der Waals surface area contributed by atoms with E-state index in [-0.39, 0.29) is 12.1 Å². The average Bonchev–Trinajstić information content (AvgIpc) is 3.13. The van der Waals surface area contributed by atoms with Crippen molar-refractivity contribution in [2.24, 2.45) is 5.92 Å². The lowest BCUT2D eigenvalue weighted by molar-refractivity contribution is 0.0423. The van der Waals surface area contributed by atoms with E-state index in [9.17, 15) is 4.79 Å². The fourth-order valence-corrected chi connectivity index (χ4v) is 4.79. The van der Waals surface area contributed by atoms with Crippen LogP contribution in [-0.2, 0) is 4.74 Å². The number of nitrogens with zero attached hydrogens (tertiary/aromatic N) is 2. The van der Waals surface area contributed by atoms with Crippen LogP contribution in [-0.4, -0.2) is 48.3 Å². The molecule has 0 spiro atoms. The Bertz CT molecular complexity index is 569. The van der Waals surface area contributed by atoms with Crippen LogP contribution in [0.1, 0.15) is 69.0 Å². The molecule has 2 fully saturated rings. The summed E-state index contributed by atoms with van der Waals surface area (Å²) in [6.07, 6.45) is 4.41. The van der Waals surface area contributed by atoms with Crippen molar-refractivity contribution in [3.05, 3.63) is 16.1 Å². The average molecular weight is 366 g/mol. The van der Waals surface area contributed by atoms with Crippen LogP contribution >= 0.6 is 11.3 Å². The molecule has 6 heteroatoms. The Morgan fingerprint density at radius 1 is 1.36 bits per heavy atom. The van der Waals surface area contributed by atoms with Crippen LogP contribution in [0.5, 0.6) is 0 Å². The first kappa shape index (κ1) is 18.6. The number of rotatable bonds is 4. The molecular formula is C19H31N3O2S. The van der Waals surface area contributed by atoms with Crippen molar-refractivity contribution in [1.29, 1.82) is 0 Å². The van der Waals surface area contributed by atoms with Gasteiger partial charge in [-0.25, -0.2) is 9.78 Å². The van der Waals surface area contributed by atoms with Gasteiger partial charge in [0.25, 0.3) is 0 Å². The summed E-state index contributed by atoms with van der Waals surface area (Å²) in [5.74, 6) is 1.28. The molecule has 2 amide bonds. The molecule has 3 rings (SSSR count). The Labute approximate surface area is 155 Å². The van der Waals surface area contributed by atoms with Gasteiger partial charge in [-0.1, -0.05) is 13.8 Å². The number of hydrogen-bond acceptors (Lipinski definition) is 4. The topological polar surface area (TPSA) is 54.5 Å². The summed E-state index contributed by atoms with van der Waals surface area (Å²) in [5.41, 5.74) is 1.17. The molecule has 1 aromatic heterocycles. The number of ether oxygens (including phenoxy) is 1. The summed E-state index contributed by atoms with van der Waals surface area (Å²) in [6, 6.07) is 0.240. The monoisotopic (exact) mass is 365 g/mol. The van der Waals surface area contributed by atoms with Gasteiger partial charge in [0, 0.05) is 43.0 Å². The number of nitrogens with one attached hydrogen (secondary N) is 1. The second kappa shape index (κ2) is 8.49. The fourth-order valence-electron chi connectivity index (χ4n) is 3.68. The summed E-state index contributed by atoms with van der Waals surface area (Å²) in [4.78, 5) is 19.5. The Morgan fingerprint density at radius 3 is 2.88 bits per heavy atom. The summed E-state index contributed by atoms with van der Waals surface area (Å²) < 4.78 is 5.55. The van der Waals surface area contributed by atoms with Crippen molar-refractivity contribution in [3.8, 4) is 0 Å². The van der Waals surface area contributed by atoms with Gasteiger partial charge in [0.2, 0.25) is 0 Å². The van der Waals surface area contributed by atoms with Gasteiger partial charge in [0.15, 0.2) is 0 Å². The lowest BCUT2D eigenvalue weighted by Crippen LogP contribution is -2.50. The number of urea groups is 1. The highest BCUT2D eigenvalue weighted by Gasteiger charge is 2.29. The molecule has 3 unspecified atom stereocenters. The number of hydrogen-bond donors (Lipinski definition) is 1. The second-order valence-corrected chi connectivity index (χ2v) is 8.66. The molecule has 140 valence electrons. The molecular weight excluding hydrogens is 334 g/mol. The molecule has 0 bridgehead atoms. The van der Waals surface area contributed by atoms with E-state index in [4.69, 9.17) is 9.72 Å². The second-order valence-electron chi connectivity index (χ2n) is 7.77. The molecule has 0 aliphatic carbocycles. The number of carbonyl (C=O) groups is 1. The predicted octanol–water partition coefficient (Wildman–Crippen LogP) is 3.97. The van der Waals surface area contributed by atoms with E-state index < -0.39 is 0 Å². The van der Waals surface area contributed by atoms with Crippen LogP contribution in [0.4, 0.5) is 4.79 Å². The number of thiazole rings is 1. The standard InChI is InChI=1S/C19H31N3O2S/c1-13(2)17-12-25-18(21-17)15-6-4-8-22(10-15)19(23)20-14(3)16-7-5-9-24-11-16/h12-16H,4-11H2,1-3H3,(H,20,23). The summed E-state index contributed by atoms with van der Waals surface area (Å²) in [7, 11) is 0. The van der Waals surface area contributed by atoms with Crippen molar-refractivity contribution < 1.29 is 9.53 Å². The zero-order chi connectivity index (χ0) is 17.8. The Hall–Kier alpha value is -1.14. The van der Waals surface area contributed by atoms with Crippen LogP contribution in [0.15, 0.2) is 5.38 Å². The van der Waals surface area contributed by atoms with Crippen molar-refractivity contribution in [2.75, 3.05) is 26.3 Å². The van der Waals surface area contributed by atoms with Gasteiger partial charge in [0.1, 0.15) is 0 Å². The van der Waals surface area contributed by atoms with Crippen LogP contribution in [0.3, 0.4) is 0 Å². The first-order valence-electron chi connectivity index (χ1n) is 9.63. The van der Waals surface area contributed by atoms with E-state index >= 15 is 0 Å². The minimum absolute atomic E-state index is 0.0726. The van der Waals surface area contributed by atoms with E-state index in [0.29, 0.717) is 17.8 Å². The summed E-state index contributed by atoms with van der Waals surface area (Å²) in [5, 5.41) is 6.57. The molecule has 5 nitrogen and oxygen atoms in total. The lowest BCUT2D eigenvalue weighted by atomic mass is 9.95. The smallest absolute Gasteiger partial charge is 0.317 e. The number of carbonyl (C=O) groups excluding carboxylic acids is 1. The van der Waals surface area contributed by atoms with Crippen LogP contribution in [0.2, 0.25) is 0 Å². The van der Waals surface area contributed by atoms with Gasteiger partial charge in [-0.2, -0.15) is 0 Å². The molecule has 25 heavy (non-hydrogen) atoms. The number of amides is 2. The maximum Gasteiger partial charge on any atom is 0.317 e. The van der Waals surface area contributed by atoms with Crippen LogP contribution in [0, 0.1) is 5.92 Å². The lowest BCUT2D eigenvalue weighted by Gasteiger charge is -2.34. The quantitative estimate of drug-likeness (QED) is 0.878. The maximum atomic E-state index is 12.7. The molecule has 0 radical (unpaired) electrons. The summed E-state index contributed by atoms with van der Waals surface area (Å²) >= 11 is 1.75. The van der Waals surface area contributed by atoms with Crippen LogP contribution < -0.4 is 5.32 Å². The molecule has 0 aromatic carbocycles. The van der Waals surface area contributed by atoms with Crippen molar-refractivity contribution in [2.45, 2.75) is 64.3 Å². The largest absolute Gasteiger partial charge is 0.381 e. The maximum absolute atomic E-state index is 12.7. The molecule has 3 atom stereocenters. The fraction of sp³-hybridized carbons (Fsp3) is 0.789. The highest BCUT2D eigenvalue weighted by Crippen LogP contribution is 2.31. The molecule has 1 aromatic rings. The molecule has 3 heterocycles. The first-order valence-corrected chi connectivity index (χ1v) is 10.5. The highest BCUT2D eigenvalue weighted by molar-refractivity contribution is 7.09. The predicted molar refractivity (Wildman–Crippen MR) is 101 cm³/mol. The first-order chi connectivity index (χ1) is 12.0. The van der Waals surface area contributed by atoms with Crippen molar-refractivity contribution >= 4 is 17.4 Å². The molecule has 0 saturated carbocycles. The van der Waals surface area contributed by atoms with Crippen molar-refractivity contribution in [1.82, 2.24) is 15.2 Å². The van der Waals surface area contributed by atoms with Gasteiger partial charge in [0.05, 0.1) is 17.3 Å². The minimum atomic E-state index is 0.0726. The minimum Gasteiger partial charge on any atom is -0.381 e. The van der Waals surface area contributed by atoms with Crippen LogP contribution in [0.25, 0.3) is 0 Å². The third-order valence-corrected chi connectivity index (χ3v) is 6.47. The van der Waals surface area contributed by atoms with E-state index in [1.165, 1.54) is 10.7 Å². The Balaban J connectivity index is 1.55. The molecule has 2 aliphatic rings.